The Morgan fingerprint density at radius 2 is 1.66 bits per heavy atom. The van der Waals surface area contributed by atoms with Crippen LogP contribution in [0.25, 0.3) is 0 Å². The van der Waals surface area contributed by atoms with Gasteiger partial charge in [-0.2, -0.15) is 0 Å². The molecule has 3 rings (SSSR count). The highest BCUT2D eigenvalue weighted by Crippen LogP contribution is 2.41. The number of alkyl halides is 1. The Bertz CT molecular complexity index is 1010. The minimum Gasteiger partial charge on any atom is -0.483 e. The normalized spacial score (nSPS) is 11.2. The van der Waals surface area contributed by atoms with Gasteiger partial charge in [0.2, 0.25) is 0 Å². The highest BCUT2D eigenvalue weighted by atomic mass is 35.5. The second kappa shape index (κ2) is 9.96. The van der Waals surface area contributed by atoms with Crippen molar-refractivity contribution in [3.05, 3.63) is 88.9 Å². The number of nitrogens with zero attached hydrogens (tertiary/aromatic N) is 1. The predicted octanol–water partition coefficient (Wildman–Crippen LogP) is 5.37. The Hall–Kier alpha value is -3.02. The molecule has 29 heavy (non-hydrogen) atoms. The van der Waals surface area contributed by atoms with Crippen LogP contribution in [0.3, 0.4) is 0 Å². The van der Waals surface area contributed by atoms with Gasteiger partial charge in [-0.25, -0.2) is 9.79 Å². The zero-order valence-electron chi connectivity index (χ0n) is 15.3. The number of rotatable bonds is 7. The van der Waals surface area contributed by atoms with Gasteiger partial charge in [0.25, 0.3) is 0 Å². The molecule has 0 fully saturated rings. The summed E-state index contributed by atoms with van der Waals surface area (Å²) in [5.74, 6) is 0.0551. The number of carbonyl (C=O) groups is 1. The summed E-state index contributed by atoms with van der Waals surface area (Å²) in [6.07, 6.45) is 0. The molecule has 148 valence electrons. The van der Waals surface area contributed by atoms with Crippen LogP contribution in [0.4, 0.5) is 5.69 Å². The summed E-state index contributed by atoms with van der Waals surface area (Å²) in [5.41, 5.74) is 7.44. The number of halogens is 2. The number of esters is 1. The highest BCUT2D eigenvalue weighted by molar-refractivity contribution is 6.31. The van der Waals surface area contributed by atoms with Gasteiger partial charge in [0.15, 0.2) is 11.5 Å². The van der Waals surface area contributed by atoms with Crippen LogP contribution in [0, 0.1) is 0 Å². The first-order valence-electron chi connectivity index (χ1n) is 8.73. The van der Waals surface area contributed by atoms with Crippen LogP contribution in [0.2, 0.25) is 5.02 Å². The maximum absolute atomic E-state index is 12.5. The van der Waals surface area contributed by atoms with E-state index in [1.807, 2.05) is 36.4 Å². The Morgan fingerprint density at radius 3 is 2.31 bits per heavy atom. The van der Waals surface area contributed by atoms with E-state index in [2.05, 4.69) is 4.99 Å². The van der Waals surface area contributed by atoms with Crippen LogP contribution < -0.4 is 15.2 Å². The molecule has 0 spiro atoms. The molecule has 0 amide bonds. The molecule has 5 nitrogen and oxygen atoms in total. The molecule has 0 heterocycles. The summed E-state index contributed by atoms with van der Waals surface area (Å²) in [4.78, 5) is 16.8. The van der Waals surface area contributed by atoms with E-state index in [9.17, 15) is 4.79 Å². The number of aliphatic imine (C=N–C) groups is 1. The van der Waals surface area contributed by atoms with Gasteiger partial charge in [0, 0.05) is 11.1 Å². The van der Waals surface area contributed by atoms with Crippen molar-refractivity contribution in [1.82, 2.24) is 0 Å². The minimum atomic E-state index is -0.544. The van der Waals surface area contributed by atoms with Crippen LogP contribution in [0.1, 0.15) is 15.9 Å². The molecule has 0 saturated carbocycles. The van der Waals surface area contributed by atoms with Crippen molar-refractivity contribution in [3.63, 3.8) is 0 Å². The van der Waals surface area contributed by atoms with E-state index in [0.717, 1.165) is 5.56 Å². The van der Waals surface area contributed by atoms with Gasteiger partial charge >= 0.3 is 5.97 Å². The Labute approximate surface area is 178 Å². The molecule has 0 aliphatic carbocycles. The van der Waals surface area contributed by atoms with Gasteiger partial charge < -0.3 is 15.2 Å². The average Bonchev–Trinajstić information content (AvgIpc) is 2.74. The SMILES string of the molecule is NC(CCl)=Nc1cc(Cl)cc(OC(=O)c2ccccc2)c1OCc1ccccc1. The fourth-order valence-corrected chi connectivity index (χ4v) is 2.77. The van der Waals surface area contributed by atoms with E-state index in [0.29, 0.717) is 16.3 Å². The Kier molecular flexibility index (Phi) is 7.11. The summed E-state index contributed by atoms with van der Waals surface area (Å²) in [6, 6.07) is 21.2. The summed E-state index contributed by atoms with van der Waals surface area (Å²) in [5, 5.41) is 0.314. The molecule has 0 atom stereocenters. The van der Waals surface area contributed by atoms with E-state index in [-0.39, 0.29) is 29.8 Å². The average molecular weight is 429 g/mol. The first-order chi connectivity index (χ1) is 14.1. The molecule has 0 radical (unpaired) electrons. The maximum Gasteiger partial charge on any atom is 0.343 e. The van der Waals surface area contributed by atoms with Crippen molar-refractivity contribution in [2.45, 2.75) is 6.61 Å². The molecule has 0 aromatic heterocycles. The molecule has 3 aromatic carbocycles. The molecule has 2 N–H and O–H groups in total. The first kappa shape index (κ1) is 20.7. The molecule has 0 saturated heterocycles. The summed E-state index contributed by atoms with van der Waals surface area (Å²) in [7, 11) is 0. The van der Waals surface area contributed by atoms with Crippen molar-refractivity contribution in [2.24, 2.45) is 10.7 Å². The maximum atomic E-state index is 12.5. The van der Waals surface area contributed by atoms with Crippen molar-refractivity contribution >= 4 is 40.7 Å². The van der Waals surface area contributed by atoms with Gasteiger partial charge in [-0.15, -0.1) is 11.6 Å². The van der Waals surface area contributed by atoms with E-state index in [4.69, 9.17) is 38.4 Å². The number of hydrogen-bond donors (Lipinski definition) is 1. The van der Waals surface area contributed by atoms with Crippen molar-refractivity contribution in [3.8, 4) is 11.5 Å². The third-order valence-corrected chi connectivity index (χ3v) is 4.33. The lowest BCUT2D eigenvalue weighted by Crippen LogP contribution is -2.13. The predicted molar refractivity (Wildman–Crippen MR) is 116 cm³/mol. The molecule has 3 aromatic rings. The van der Waals surface area contributed by atoms with E-state index < -0.39 is 5.97 Å². The summed E-state index contributed by atoms with van der Waals surface area (Å²) < 4.78 is 11.5. The lowest BCUT2D eigenvalue weighted by Gasteiger charge is -2.15. The number of ether oxygens (including phenoxy) is 2. The molecule has 0 unspecified atom stereocenters. The van der Waals surface area contributed by atoms with Gasteiger partial charge in [-0.1, -0.05) is 60.1 Å². The van der Waals surface area contributed by atoms with Crippen molar-refractivity contribution in [1.29, 1.82) is 0 Å². The monoisotopic (exact) mass is 428 g/mol. The second-order valence-electron chi connectivity index (χ2n) is 6.02. The van der Waals surface area contributed by atoms with Crippen LogP contribution in [-0.4, -0.2) is 17.7 Å². The van der Waals surface area contributed by atoms with Crippen molar-refractivity contribution in [2.75, 3.05) is 5.88 Å². The fourth-order valence-electron chi connectivity index (χ4n) is 2.51. The van der Waals surface area contributed by atoms with Crippen LogP contribution in [0.5, 0.6) is 11.5 Å². The summed E-state index contributed by atoms with van der Waals surface area (Å²) in [6.45, 7) is 0.238. The lowest BCUT2D eigenvalue weighted by molar-refractivity contribution is 0.0728. The Morgan fingerprint density at radius 1 is 1.00 bits per heavy atom. The fraction of sp³-hybridized carbons (Fsp3) is 0.0909. The third-order valence-electron chi connectivity index (χ3n) is 3.84. The largest absolute Gasteiger partial charge is 0.483 e. The number of benzene rings is 3. The second-order valence-corrected chi connectivity index (χ2v) is 6.72. The number of carbonyl (C=O) groups excluding carboxylic acids is 1. The Balaban J connectivity index is 1.97. The molecule has 7 heteroatoms. The standard InChI is InChI=1S/C22H18Cl2N2O3/c23-13-20(25)26-18-11-17(24)12-19(29-22(27)16-9-5-2-6-10-16)21(18)28-14-15-7-3-1-4-8-15/h1-12H,13-14H2,(H2,25,26). The summed E-state index contributed by atoms with van der Waals surface area (Å²) >= 11 is 12.0. The van der Waals surface area contributed by atoms with Gasteiger partial charge in [0.1, 0.15) is 18.1 Å². The highest BCUT2D eigenvalue weighted by Gasteiger charge is 2.18. The van der Waals surface area contributed by atoms with Crippen molar-refractivity contribution < 1.29 is 14.3 Å². The molecule has 0 aliphatic heterocycles. The minimum absolute atomic E-state index is 0.0315. The van der Waals surface area contributed by atoms with E-state index in [1.54, 1.807) is 30.3 Å². The molecular weight excluding hydrogens is 411 g/mol. The zero-order chi connectivity index (χ0) is 20.6. The third kappa shape index (κ3) is 5.73. The molecule has 0 aliphatic rings. The van der Waals surface area contributed by atoms with Crippen LogP contribution in [0.15, 0.2) is 77.8 Å². The first-order valence-corrected chi connectivity index (χ1v) is 9.64. The van der Waals surface area contributed by atoms with E-state index in [1.165, 1.54) is 6.07 Å². The number of amidine groups is 1. The number of hydrogen-bond acceptors (Lipinski definition) is 4. The lowest BCUT2D eigenvalue weighted by atomic mass is 10.2. The van der Waals surface area contributed by atoms with Crippen LogP contribution in [-0.2, 0) is 6.61 Å². The van der Waals surface area contributed by atoms with Crippen LogP contribution >= 0.6 is 23.2 Å². The molecular formula is C22H18Cl2N2O3. The van der Waals surface area contributed by atoms with E-state index >= 15 is 0 Å². The van der Waals surface area contributed by atoms with Gasteiger partial charge in [-0.3, -0.25) is 0 Å². The quantitative estimate of drug-likeness (QED) is 0.180. The topological polar surface area (TPSA) is 73.9 Å². The molecule has 0 bridgehead atoms. The smallest absolute Gasteiger partial charge is 0.343 e. The van der Waals surface area contributed by atoms with Gasteiger partial charge in [-0.05, 0) is 23.8 Å². The number of nitrogens with two attached hydrogens (primary N) is 1. The zero-order valence-corrected chi connectivity index (χ0v) is 16.9. The van der Waals surface area contributed by atoms with Gasteiger partial charge in [0.05, 0.1) is 11.4 Å².